The van der Waals surface area contributed by atoms with Crippen LogP contribution in [-0.2, 0) is 22.6 Å². The van der Waals surface area contributed by atoms with Crippen LogP contribution in [0.1, 0.15) is 31.9 Å². The Labute approximate surface area is 167 Å². The van der Waals surface area contributed by atoms with Crippen LogP contribution >= 0.6 is 0 Å². The number of hydrogen-bond acceptors (Lipinski definition) is 3. The highest BCUT2D eigenvalue weighted by molar-refractivity contribution is 6.04. The molecule has 0 spiro atoms. The molecule has 0 saturated carbocycles. The van der Waals surface area contributed by atoms with E-state index in [1.54, 1.807) is 25.9 Å². The lowest BCUT2D eigenvalue weighted by molar-refractivity contribution is -0.148. The van der Waals surface area contributed by atoms with Crippen LogP contribution in [0.25, 0.3) is 0 Å². The smallest absolute Gasteiger partial charge is 0.237 e. The van der Waals surface area contributed by atoms with E-state index in [4.69, 9.17) is 4.74 Å². The summed E-state index contributed by atoms with van der Waals surface area (Å²) in [6.07, 6.45) is 0.640. The second kappa shape index (κ2) is 9.93. The van der Waals surface area contributed by atoms with Gasteiger partial charge in [-0.2, -0.15) is 0 Å². The van der Waals surface area contributed by atoms with Crippen molar-refractivity contribution < 1.29 is 14.3 Å². The fourth-order valence-corrected chi connectivity index (χ4v) is 3.06. The van der Waals surface area contributed by atoms with Crippen molar-refractivity contribution in [1.29, 1.82) is 0 Å². The standard InChI is InChI=1S/C23H30N2O3/c1-5-25(17-18-11-7-6-8-12-18)22(27)23(2,3)21(26)24-16-15-19-13-9-10-14-20(19)28-4/h6-14H,5,15-17H2,1-4H3,(H,24,26). The highest BCUT2D eigenvalue weighted by Gasteiger charge is 2.38. The molecule has 0 bridgehead atoms. The predicted octanol–water partition coefficient (Wildman–Crippen LogP) is 3.43. The Morgan fingerprint density at radius 2 is 1.68 bits per heavy atom. The van der Waals surface area contributed by atoms with Gasteiger partial charge in [0.1, 0.15) is 11.2 Å². The van der Waals surface area contributed by atoms with Crippen LogP contribution in [-0.4, -0.2) is 36.9 Å². The van der Waals surface area contributed by atoms with Crippen LogP contribution in [0.2, 0.25) is 0 Å². The Hall–Kier alpha value is -2.82. The average Bonchev–Trinajstić information content (AvgIpc) is 2.72. The Kier molecular flexibility index (Phi) is 7.61. The molecule has 0 aliphatic carbocycles. The van der Waals surface area contributed by atoms with Gasteiger partial charge in [-0.05, 0) is 44.4 Å². The summed E-state index contributed by atoms with van der Waals surface area (Å²) in [5.41, 5.74) is 0.935. The summed E-state index contributed by atoms with van der Waals surface area (Å²) in [6, 6.07) is 17.5. The largest absolute Gasteiger partial charge is 0.496 e. The van der Waals surface area contributed by atoms with Crippen molar-refractivity contribution in [1.82, 2.24) is 10.2 Å². The SMILES string of the molecule is CCN(Cc1ccccc1)C(=O)C(C)(C)C(=O)NCCc1ccccc1OC. The maximum Gasteiger partial charge on any atom is 0.237 e. The second-order valence-electron chi connectivity index (χ2n) is 7.25. The van der Waals surface area contributed by atoms with Gasteiger partial charge in [0.2, 0.25) is 11.8 Å². The fraction of sp³-hybridized carbons (Fsp3) is 0.391. The number of nitrogens with zero attached hydrogens (tertiary/aromatic N) is 1. The van der Waals surface area contributed by atoms with E-state index in [1.807, 2.05) is 61.5 Å². The van der Waals surface area contributed by atoms with Crippen molar-refractivity contribution in [3.63, 3.8) is 0 Å². The third kappa shape index (κ3) is 5.35. The molecule has 1 N–H and O–H groups in total. The summed E-state index contributed by atoms with van der Waals surface area (Å²) in [5.74, 6) is 0.361. The number of para-hydroxylation sites is 1. The molecule has 0 fully saturated rings. The lowest BCUT2D eigenvalue weighted by atomic mass is 9.90. The van der Waals surface area contributed by atoms with E-state index < -0.39 is 5.41 Å². The van der Waals surface area contributed by atoms with Crippen molar-refractivity contribution in [3.8, 4) is 5.75 Å². The van der Waals surface area contributed by atoms with Crippen molar-refractivity contribution >= 4 is 11.8 Å². The Morgan fingerprint density at radius 1 is 1.04 bits per heavy atom. The van der Waals surface area contributed by atoms with Gasteiger partial charge in [0, 0.05) is 19.6 Å². The zero-order chi connectivity index (χ0) is 20.6. The van der Waals surface area contributed by atoms with Gasteiger partial charge in [0.05, 0.1) is 7.11 Å². The maximum atomic E-state index is 13.0. The molecule has 28 heavy (non-hydrogen) atoms. The van der Waals surface area contributed by atoms with Gasteiger partial charge in [-0.25, -0.2) is 0 Å². The minimum atomic E-state index is -1.13. The molecule has 0 aliphatic heterocycles. The highest BCUT2D eigenvalue weighted by Crippen LogP contribution is 2.22. The zero-order valence-electron chi connectivity index (χ0n) is 17.2. The minimum Gasteiger partial charge on any atom is -0.496 e. The van der Waals surface area contributed by atoms with Crippen LogP contribution in [0.3, 0.4) is 0 Å². The number of rotatable bonds is 9. The molecule has 2 aromatic rings. The number of benzene rings is 2. The highest BCUT2D eigenvalue weighted by atomic mass is 16.5. The first kappa shape index (κ1) is 21.5. The van der Waals surface area contributed by atoms with Gasteiger partial charge in [0.25, 0.3) is 0 Å². The van der Waals surface area contributed by atoms with Gasteiger partial charge in [-0.1, -0.05) is 48.5 Å². The average molecular weight is 383 g/mol. The number of methoxy groups -OCH3 is 1. The van der Waals surface area contributed by atoms with Gasteiger partial charge in [0.15, 0.2) is 0 Å². The first-order chi connectivity index (χ1) is 13.4. The van der Waals surface area contributed by atoms with E-state index in [0.717, 1.165) is 16.9 Å². The topological polar surface area (TPSA) is 58.6 Å². The predicted molar refractivity (Wildman–Crippen MR) is 111 cm³/mol. The molecular formula is C23H30N2O3. The molecule has 2 amide bonds. The molecule has 2 aromatic carbocycles. The van der Waals surface area contributed by atoms with Gasteiger partial charge >= 0.3 is 0 Å². The van der Waals surface area contributed by atoms with Crippen LogP contribution < -0.4 is 10.1 Å². The van der Waals surface area contributed by atoms with Crippen LogP contribution in [0.4, 0.5) is 0 Å². The van der Waals surface area contributed by atoms with E-state index >= 15 is 0 Å². The number of carbonyl (C=O) groups excluding carboxylic acids is 2. The van der Waals surface area contributed by atoms with Gasteiger partial charge in [-0.3, -0.25) is 9.59 Å². The number of hydrogen-bond donors (Lipinski definition) is 1. The quantitative estimate of drug-likeness (QED) is 0.676. The molecule has 5 nitrogen and oxygen atoms in total. The fourth-order valence-electron chi connectivity index (χ4n) is 3.06. The Morgan fingerprint density at radius 3 is 2.32 bits per heavy atom. The van der Waals surface area contributed by atoms with Gasteiger partial charge in [-0.15, -0.1) is 0 Å². The molecule has 0 aromatic heterocycles. The summed E-state index contributed by atoms with van der Waals surface area (Å²) in [4.78, 5) is 27.5. The van der Waals surface area contributed by atoms with E-state index in [-0.39, 0.29) is 11.8 Å². The summed E-state index contributed by atoms with van der Waals surface area (Å²) in [5, 5.41) is 2.90. The lowest BCUT2D eigenvalue weighted by Gasteiger charge is -2.30. The molecule has 0 unspecified atom stereocenters. The molecular weight excluding hydrogens is 352 g/mol. The Bertz CT molecular complexity index is 787. The number of ether oxygens (including phenoxy) is 1. The second-order valence-corrected chi connectivity index (χ2v) is 7.25. The summed E-state index contributed by atoms with van der Waals surface area (Å²) in [7, 11) is 1.63. The molecule has 150 valence electrons. The zero-order valence-corrected chi connectivity index (χ0v) is 17.2. The van der Waals surface area contributed by atoms with Crippen molar-refractivity contribution in [2.75, 3.05) is 20.2 Å². The van der Waals surface area contributed by atoms with E-state index in [0.29, 0.717) is 26.1 Å². The number of carbonyl (C=O) groups is 2. The lowest BCUT2D eigenvalue weighted by Crippen LogP contribution is -2.49. The third-order valence-electron chi connectivity index (χ3n) is 4.86. The molecule has 0 radical (unpaired) electrons. The molecule has 0 atom stereocenters. The van der Waals surface area contributed by atoms with Crippen LogP contribution in [0, 0.1) is 5.41 Å². The normalized spacial score (nSPS) is 11.0. The van der Waals surface area contributed by atoms with E-state index in [2.05, 4.69) is 5.32 Å². The minimum absolute atomic E-state index is 0.173. The maximum absolute atomic E-state index is 13.0. The van der Waals surface area contributed by atoms with Crippen molar-refractivity contribution in [2.45, 2.75) is 33.7 Å². The number of nitrogens with one attached hydrogen (secondary N) is 1. The molecule has 2 rings (SSSR count). The monoisotopic (exact) mass is 382 g/mol. The van der Waals surface area contributed by atoms with Crippen LogP contribution in [0.15, 0.2) is 54.6 Å². The summed E-state index contributed by atoms with van der Waals surface area (Å²) in [6.45, 7) is 6.78. The molecule has 5 heteroatoms. The number of amides is 2. The Balaban J connectivity index is 1.97. The summed E-state index contributed by atoms with van der Waals surface area (Å²) >= 11 is 0. The van der Waals surface area contributed by atoms with E-state index in [1.165, 1.54) is 0 Å². The molecule has 0 heterocycles. The van der Waals surface area contributed by atoms with Crippen molar-refractivity contribution in [2.24, 2.45) is 5.41 Å². The van der Waals surface area contributed by atoms with E-state index in [9.17, 15) is 9.59 Å². The van der Waals surface area contributed by atoms with Crippen LogP contribution in [0.5, 0.6) is 5.75 Å². The molecule has 0 aliphatic rings. The van der Waals surface area contributed by atoms with Gasteiger partial charge < -0.3 is 15.0 Å². The molecule has 0 saturated heterocycles. The third-order valence-corrected chi connectivity index (χ3v) is 4.86. The van der Waals surface area contributed by atoms with Crippen molar-refractivity contribution in [3.05, 3.63) is 65.7 Å². The first-order valence-electron chi connectivity index (χ1n) is 9.63. The first-order valence-corrected chi connectivity index (χ1v) is 9.63. The summed E-state index contributed by atoms with van der Waals surface area (Å²) < 4.78 is 5.34.